The molecule has 15 heavy (non-hydrogen) atoms. The average molecular weight is 213 g/mol. The molecule has 1 aromatic heterocycles. The minimum atomic E-state index is -2.71. The van der Waals surface area contributed by atoms with Gasteiger partial charge in [0.1, 0.15) is 0 Å². The summed E-state index contributed by atoms with van der Waals surface area (Å²) in [6, 6.07) is 1.75. The van der Waals surface area contributed by atoms with Crippen LogP contribution in [0.2, 0.25) is 0 Å². The fourth-order valence-electron chi connectivity index (χ4n) is 1.33. The molecule has 4 nitrogen and oxygen atoms in total. The summed E-state index contributed by atoms with van der Waals surface area (Å²) in [4.78, 5) is 13.4. The van der Waals surface area contributed by atoms with Crippen LogP contribution in [-0.4, -0.2) is 4.98 Å². The number of nitrogens with one attached hydrogen (secondary N) is 1. The second-order valence-electron chi connectivity index (χ2n) is 2.87. The molecule has 0 aromatic carbocycles. The van der Waals surface area contributed by atoms with E-state index in [0.717, 1.165) is 6.20 Å². The van der Waals surface area contributed by atoms with Crippen molar-refractivity contribution in [3.05, 3.63) is 33.2 Å². The van der Waals surface area contributed by atoms with Crippen LogP contribution >= 0.6 is 0 Å². The van der Waals surface area contributed by atoms with Crippen molar-refractivity contribution >= 4 is 0 Å². The van der Waals surface area contributed by atoms with Crippen LogP contribution in [0.4, 0.5) is 8.78 Å². The van der Waals surface area contributed by atoms with Gasteiger partial charge in [-0.15, -0.1) is 0 Å². The summed E-state index contributed by atoms with van der Waals surface area (Å²) in [6.45, 7) is -0.180. The van der Waals surface area contributed by atoms with E-state index < -0.39 is 12.0 Å². The van der Waals surface area contributed by atoms with Gasteiger partial charge in [0.05, 0.1) is 12.5 Å². The van der Waals surface area contributed by atoms with Crippen molar-refractivity contribution in [3.63, 3.8) is 0 Å². The molecule has 0 aliphatic carbocycles. The third-order valence-electron chi connectivity index (χ3n) is 2.04. The molecule has 0 aliphatic heterocycles. The summed E-state index contributed by atoms with van der Waals surface area (Å²) < 4.78 is 25.0. The van der Waals surface area contributed by atoms with Crippen LogP contribution in [0.15, 0.2) is 11.0 Å². The third kappa shape index (κ3) is 2.19. The summed E-state index contributed by atoms with van der Waals surface area (Å²) in [6.07, 6.45) is -1.99. The highest BCUT2D eigenvalue weighted by Gasteiger charge is 2.17. The molecular weight excluding hydrogens is 204 g/mol. The van der Waals surface area contributed by atoms with Crippen LogP contribution in [-0.2, 0) is 13.0 Å². The Hall–Kier alpha value is -1.74. The molecule has 3 N–H and O–H groups in total. The standard InChI is InChI=1S/C9H9F2N3O/c10-8(11)7-4-14-9(15)5(1-2-12)6(7)3-13/h4,8H,1,3,13H2,(H,14,15). The average Bonchev–Trinajstić information content (AvgIpc) is 2.20. The number of nitrogens with zero attached hydrogens (tertiary/aromatic N) is 1. The molecular formula is C9H9F2N3O. The highest BCUT2D eigenvalue weighted by Crippen LogP contribution is 2.22. The maximum atomic E-state index is 12.5. The Morgan fingerprint density at radius 1 is 1.53 bits per heavy atom. The van der Waals surface area contributed by atoms with E-state index in [1.807, 2.05) is 0 Å². The lowest BCUT2D eigenvalue weighted by atomic mass is 10.0. The van der Waals surface area contributed by atoms with Crippen molar-refractivity contribution < 1.29 is 8.78 Å². The molecule has 1 heterocycles. The second kappa shape index (κ2) is 4.66. The van der Waals surface area contributed by atoms with E-state index in [9.17, 15) is 13.6 Å². The minimum Gasteiger partial charge on any atom is -0.328 e. The summed E-state index contributed by atoms with van der Waals surface area (Å²) in [5.41, 5.74) is 4.53. The number of alkyl halides is 2. The van der Waals surface area contributed by atoms with Gasteiger partial charge in [0.15, 0.2) is 0 Å². The fourth-order valence-corrected chi connectivity index (χ4v) is 1.33. The molecule has 1 rings (SSSR count). The lowest BCUT2D eigenvalue weighted by molar-refractivity contribution is 0.149. The molecule has 0 aliphatic rings. The van der Waals surface area contributed by atoms with Gasteiger partial charge in [-0.3, -0.25) is 4.79 Å². The molecule has 6 heteroatoms. The number of pyridine rings is 1. The molecule has 0 atom stereocenters. The monoisotopic (exact) mass is 213 g/mol. The number of H-pyrrole nitrogens is 1. The molecule has 0 spiro atoms. The quantitative estimate of drug-likeness (QED) is 0.780. The summed E-state index contributed by atoms with van der Waals surface area (Å²) in [5, 5.41) is 8.46. The zero-order valence-corrected chi connectivity index (χ0v) is 7.76. The van der Waals surface area contributed by atoms with E-state index in [1.165, 1.54) is 0 Å². The van der Waals surface area contributed by atoms with Gasteiger partial charge in [0, 0.05) is 23.9 Å². The third-order valence-corrected chi connectivity index (χ3v) is 2.04. The number of rotatable bonds is 3. The first-order chi connectivity index (χ1) is 7.11. The first-order valence-electron chi connectivity index (χ1n) is 4.20. The Bertz CT molecular complexity index is 448. The van der Waals surface area contributed by atoms with Crippen LogP contribution in [0.5, 0.6) is 0 Å². The van der Waals surface area contributed by atoms with Crippen molar-refractivity contribution in [1.29, 1.82) is 5.26 Å². The van der Waals surface area contributed by atoms with Crippen molar-refractivity contribution in [2.45, 2.75) is 19.4 Å². The Morgan fingerprint density at radius 3 is 2.67 bits per heavy atom. The molecule has 0 fully saturated rings. The Labute approximate surface area is 84.3 Å². The van der Waals surface area contributed by atoms with E-state index in [1.54, 1.807) is 6.07 Å². The predicted molar refractivity (Wildman–Crippen MR) is 49.2 cm³/mol. The molecule has 1 aromatic rings. The van der Waals surface area contributed by atoms with Gasteiger partial charge in [0.25, 0.3) is 12.0 Å². The van der Waals surface area contributed by atoms with Crippen molar-refractivity contribution in [1.82, 2.24) is 4.98 Å². The number of halogens is 2. The van der Waals surface area contributed by atoms with Crippen LogP contribution in [0.3, 0.4) is 0 Å². The van der Waals surface area contributed by atoms with Gasteiger partial charge in [-0.05, 0) is 5.56 Å². The highest BCUT2D eigenvalue weighted by molar-refractivity contribution is 5.34. The first kappa shape index (κ1) is 11.3. The Balaban J connectivity index is 3.41. The summed E-state index contributed by atoms with van der Waals surface area (Å²) in [7, 11) is 0. The van der Waals surface area contributed by atoms with Crippen LogP contribution in [0.25, 0.3) is 0 Å². The second-order valence-corrected chi connectivity index (χ2v) is 2.87. The SMILES string of the molecule is N#CCc1c(CN)c(C(F)F)c[nH]c1=O. The van der Waals surface area contributed by atoms with Gasteiger partial charge in [-0.2, -0.15) is 5.26 Å². The van der Waals surface area contributed by atoms with Gasteiger partial charge in [0.2, 0.25) is 0 Å². The van der Waals surface area contributed by atoms with Crippen LogP contribution in [0, 0.1) is 11.3 Å². The fraction of sp³-hybridized carbons (Fsp3) is 0.333. The van der Waals surface area contributed by atoms with E-state index >= 15 is 0 Å². The minimum absolute atomic E-state index is 0.0257. The largest absolute Gasteiger partial charge is 0.328 e. The zero-order chi connectivity index (χ0) is 11.4. The van der Waals surface area contributed by atoms with Crippen molar-refractivity contribution in [2.24, 2.45) is 5.73 Å². The van der Waals surface area contributed by atoms with E-state index in [2.05, 4.69) is 4.98 Å². The molecule has 0 radical (unpaired) electrons. The highest BCUT2D eigenvalue weighted by atomic mass is 19.3. The van der Waals surface area contributed by atoms with Gasteiger partial charge in [-0.1, -0.05) is 0 Å². The Kier molecular flexibility index (Phi) is 3.52. The van der Waals surface area contributed by atoms with Crippen LogP contribution in [0.1, 0.15) is 23.1 Å². The van der Waals surface area contributed by atoms with Crippen LogP contribution < -0.4 is 11.3 Å². The molecule has 0 saturated heterocycles. The maximum Gasteiger partial charge on any atom is 0.265 e. The van der Waals surface area contributed by atoms with Gasteiger partial charge >= 0.3 is 0 Å². The first-order valence-corrected chi connectivity index (χ1v) is 4.20. The summed E-state index contributed by atoms with van der Waals surface area (Å²) in [5.74, 6) is 0. The van der Waals surface area contributed by atoms with Crippen molar-refractivity contribution in [3.8, 4) is 6.07 Å². The van der Waals surface area contributed by atoms with Gasteiger partial charge < -0.3 is 10.7 Å². The van der Waals surface area contributed by atoms with E-state index in [4.69, 9.17) is 11.0 Å². The zero-order valence-electron chi connectivity index (χ0n) is 7.76. The molecule has 0 bridgehead atoms. The molecule has 0 unspecified atom stereocenters. The normalized spacial score (nSPS) is 10.3. The van der Waals surface area contributed by atoms with Crippen molar-refractivity contribution in [2.75, 3.05) is 0 Å². The summed E-state index contributed by atoms with van der Waals surface area (Å²) >= 11 is 0. The number of nitrogens with two attached hydrogens (primary N) is 1. The van der Waals surface area contributed by atoms with E-state index in [0.29, 0.717) is 0 Å². The smallest absolute Gasteiger partial charge is 0.265 e. The number of hydrogen-bond donors (Lipinski definition) is 2. The lowest BCUT2D eigenvalue weighted by Crippen LogP contribution is -2.19. The number of aromatic nitrogens is 1. The molecule has 0 saturated carbocycles. The van der Waals surface area contributed by atoms with Gasteiger partial charge in [-0.25, -0.2) is 8.78 Å². The lowest BCUT2D eigenvalue weighted by Gasteiger charge is -2.09. The van der Waals surface area contributed by atoms with E-state index in [-0.39, 0.29) is 29.7 Å². The number of hydrogen-bond acceptors (Lipinski definition) is 3. The molecule has 80 valence electrons. The Morgan fingerprint density at radius 2 is 2.20 bits per heavy atom. The molecule has 0 amide bonds. The number of nitriles is 1. The predicted octanol–water partition coefficient (Wildman–Crippen LogP) is 0.837. The topological polar surface area (TPSA) is 82.7 Å². The maximum absolute atomic E-state index is 12.5. The number of aromatic amines is 1.